The molecular formula is C24H19F4N5O. The zero-order chi connectivity index (χ0) is 24.3. The number of halogens is 4. The molecule has 4 aromatic rings. The number of carbonyl (C=O) groups excluding carboxylic acids is 1. The SMILES string of the molecule is Nc1c(NC(=O)NCc2cccc(F)c2)c(-c2ccccc2)nn1-c1ccc(C(F)(F)F)cc1. The molecule has 4 rings (SSSR count). The van der Waals surface area contributed by atoms with Gasteiger partial charge in [0.25, 0.3) is 0 Å². The highest BCUT2D eigenvalue weighted by molar-refractivity contribution is 5.97. The van der Waals surface area contributed by atoms with E-state index in [0.717, 1.165) is 12.1 Å². The monoisotopic (exact) mass is 469 g/mol. The van der Waals surface area contributed by atoms with E-state index in [1.807, 2.05) is 0 Å². The second-order valence-electron chi connectivity index (χ2n) is 7.37. The van der Waals surface area contributed by atoms with Crippen LogP contribution in [-0.2, 0) is 12.7 Å². The summed E-state index contributed by atoms with van der Waals surface area (Å²) in [6, 6.07) is 18.4. The standard InChI is InChI=1S/C24H19F4N5O/c25-18-8-4-5-15(13-18)14-30-23(34)31-21-20(16-6-2-1-3-7-16)32-33(22(21)29)19-11-9-17(10-12-19)24(26,27)28/h1-13H,14,29H2,(H2,30,31,34). The highest BCUT2D eigenvalue weighted by Crippen LogP contribution is 2.35. The molecule has 174 valence electrons. The van der Waals surface area contributed by atoms with Crippen molar-refractivity contribution in [1.82, 2.24) is 15.1 Å². The number of nitrogen functional groups attached to an aromatic ring is 1. The van der Waals surface area contributed by atoms with Gasteiger partial charge in [0, 0.05) is 12.1 Å². The number of nitrogens with one attached hydrogen (secondary N) is 2. The molecule has 0 aliphatic heterocycles. The zero-order valence-corrected chi connectivity index (χ0v) is 17.6. The quantitative estimate of drug-likeness (QED) is 0.333. The van der Waals surface area contributed by atoms with Crippen molar-refractivity contribution >= 4 is 17.5 Å². The van der Waals surface area contributed by atoms with Crippen molar-refractivity contribution in [1.29, 1.82) is 0 Å². The lowest BCUT2D eigenvalue weighted by Crippen LogP contribution is -2.28. The third-order valence-electron chi connectivity index (χ3n) is 4.99. The van der Waals surface area contributed by atoms with Gasteiger partial charge in [0.15, 0.2) is 5.82 Å². The Morgan fingerprint density at radius 1 is 0.971 bits per heavy atom. The third kappa shape index (κ3) is 5.01. The molecular weight excluding hydrogens is 450 g/mol. The molecule has 6 nitrogen and oxygen atoms in total. The lowest BCUT2D eigenvalue weighted by atomic mass is 10.1. The van der Waals surface area contributed by atoms with Crippen LogP contribution in [0.3, 0.4) is 0 Å². The fourth-order valence-corrected chi connectivity index (χ4v) is 3.33. The van der Waals surface area contributed by atoms with Crippen LogP contribution in [0, 0.1) is 5.82 Å². The van der Waals surface area contributed by atoms with Gasteiger partial charge in [0.05, 0.1) is 11.3 Å². The van der Waals surface area contributed by atoms with Crippen LogP contribution in [0.4, 0.5) is 33.9 Å². The normalized spacial score (nSPS) is 11.3. The Morgan fingerprint density at radius 2 is 1.68 bits per heavy atom. The predicted octanol–water partition coefficient (Wildman–Crippen LogP) is 5.60. The van der Waals surface area contributed by atoms with E-state index >= 15 is 0 Å². The second-order valence-corrected chi connectivity index (χ2v) is 7.37. The van der Waals surface area contributed by atoms with Gasteiger partial charge in [0.1, 0.15) is 17.2 Å². The van der Waals surface area contributed by atoms with Crippen LogP contribution in [0.25, 0.3) is 16.9 Å². The molecule has 1 heterocycles. The summed E-state index contributed by atoms with van der Waals surface area (Å²) in [5.74, 6) is -0.396. The van der Waals surface area contributed by atoms with Gasteiger partial charge in [-0.3, -0.25) is 0 Å². The average molecular weight is 469 g/mol. The van der Waals surface area contributed by atoms with Gasteiger partial charge >= 0.3 is 12.2 Å². The third-order valence-corrected chi connectivity index (χ3v) is 4.99. The van der Waals surface area contributed by atoms with E-state index in [2.05, 4.69) is 15.7 Å². The Bertz CT molecular complexity index is 1300. The first-order valence-corrected chi connectivity index (χ1v) is 10.1. The Hall–Kier alpha value is -4.34. The molecule has 2 amide bonds. The number of hydrogen-bond donors (Lipinski definition) is 3. The van der Waals surface area contributed by atoms with Crippen LogP contribution in [0.2, 0.25) is 0 Å². The number of nitrogens with zero attached hydrogens (tertiary/aromatic N) is 2. The van der Waals surface area contributed by atoms with E-state index in [0.29, 0.717) is 16.8 Å². The minimum atomic E-state index is -4.48. The number of urea groups is 1. The van der Waals surface area contributed by atoms with Gasteiger partial charge in [-0.05, 0) is 42.0 Å². The first-order chi connectivity index (χ1) is 16.2. The van der Waals surface area contributed by atoms with Crippen LogP contribution < -0.4 is 16.4 Å². The van der Waals surface area contributed by atoms with Crippen LogP contribution in [0.15, 0.2) is 78.9 Å². The average Bonchev–Trinajstić information content (AvgIpc) is 3.14. The molecule has 0 saturated heterocycles. The fraction of sp³-hybridized carbons (Fsp3) is 0.0833. The summed E-state index contributed by atoms with van der Waals surface area (Å²) < 4.78 is 53.4. The van der Waals surface area contributed by atoms with E-state index in [1.165, 1.54) is 35.0 Å². The minimum absolute atomic E-state index is 0.0273. The summed E-state index contributed by atoms with van der Waals surface area (Å²) >= 11 is 0. The molecule has 34 heavy (non-hydrogen) atoms. The maximum absolute atomic E-state index is 13.4. The topological polar surface area (TPSA) is 85.0 Å². The largest absolute Gasteiger partial charge is 0.416 e. The second kappa shape index (κ2) is 9.26. The number of rotatable bonds is 5. The number of amides is 2. The maximum atomic E-state index is 13.4. The summed E-state index contributed by atoms with van der Waals surface area (Å²) in [6.07, 6.45) is -4.48. The number of hydrogen-bond acceptors (Lipinski definition) is 3. The summed E-state index contributed by atoms with van der Waals surface area (Å²) in [6.45, 7) is 0.0667. The molecule has 0 saturated carbocycles. The van der Waals surface area contributed by atoms with Crippen LogP contribution in [0.5, 0.6) is 0 Å². The van der Waals surface area contributed by atoms with E-state index in [9.17, 15) is 22.4 Å². The molecule has 0 aliphatic rings. The number of alkyl halides is 3. The van der Waals surface area contributed by atoms with E-state index in [4.69, 9.17) is 5.73 Å². The van der Waals surface area contributed by atoms with Gasteiger partial charge in [-0.25, -0.2) is 13.9 Å². The first-order valence-electron chi connectivity index (χ1n) is 10.1. The first kappa shape index (κ1) is 22.8. The number of carbonyl (C=O) groups is 1. The molecule has 0 radical (unpaired) electrons. The Balaban J connectivity index is 1.64. The van der Waals surface area contributed by atoms with Gasteiger partial charge in [-0.15, -0.1) is 0 Å². The highest BCUT2D eigenvalue weighted by Gasteiger charge is 2.30. The zero-order valence-electron chi connectivity index (χ0n) is 17.6. The fourth-order valence-electron chi connectivity index (χ4n) is 3.33. The maximum Gasteiger partial charge on any atom is 0.416 e. The lowest BCUT2D eigenvalue weighted by Gasteiger charge is -2.10. The number of benzene rings is 3. The van der Waals surface area contributed by atoms with Crippen molar-refractivity contribution in [2.45, 2.75) is 12.7 Å². The van der Waals surface area contributed by atoms with Crippen molar-refractivity contribution in [3.05, 3.63) is 95.8 Å². The van der Waals surface area contributed by atoms with E-state index < -0.39 is 23.6 Å². The number of aromatic nitrogens is 2. The molecule has 3 aromatic carbocycles. The van der Waals surface area contributed by atoms with Crippen molar-refractivity contribution in [3.63, 3.8) is 0 Å². The molecule has 1 aromatic heterocycles. The Kier molecular flexibility index (Phi) is 6.22. The minimum Gasteiger partial charge on any atom is -0.382 e. The number of anilines is 2. The molecule has 0 aliphatic carbocycles. The molecule has 0 bridgehead atoms. The van der Waals surface area contributed by atoms with Gasteiger partial charge in [-0.2, -0.15) is 18.3 Å². The molecule has 0 fully saturated rings. The van der Waals surface area contributed by atoms with Crippen molar-refractivity contribution in [3.8, 4) is 16.9 Å². The summed E-state index contributed by atoms with van der Waals surface area (Å²) in [4.78, 5) is 12.6. The molecule has 0 spiro atoms. The Labute approximate surface area is 192 Å². The highest BCUT2D eigenvalue weighted by atomic mass is 19.4. The van der Waals surface area contributed by atoms with Crippen LogP contribution in [0.1, 0.15) is 11.1 Å². The van der Waals surface area contributed by atoms with Crippen molar-refractivity contribution in [2.75, 3.05) is 11.1 Å². The van der Waals surface area contributed by atoms with Crippen LogP contribution >= 0.6 is 0 Å². The predicted molar refractivity (Wildman–Crippen MR) is 121 cm³/mol. The van der Waals surface area contributed by atoms with Crippen molar-refractivity contribution in [2.24, 2.45) is 0 Å². The smallest absolute Gasteiger partial charge is 0.382 e. The lowest BCUT2D eigenvalue weighted by molar-refractivity contribution is -0.137. The van der Waals surface area contributed by atoms with Gasteiger partial charge in [0.2, 0.25) is 0 Å². The molecule has 0 atom stereocenters. The molecule has 4 N–H and O–H groups in total. The van der Waals surface area contributed by atoms with Crippen molar-refractivity contribution < 1.29 is 22.4 Å². The summed E-state index contributed by atoms with van der Waals surface area (Å²) in [5.41, 5.74) is 7.46. The molecule has 0 unspecified atom stereocenters. The molecule has 10 heteroatoms. The van der Waals surface area contributed by atoms with Crippen LogP contribution in [-0.4, -0.2) is 15.8 Å². The van der Waals surface area contributed by atoms with Gasteiger partial charge < -0.3 is 16.4 Å². The number of nitrogens with two attached hydrogens (primary N) is 1. The van der Waals surface area contributed by atoms with E-state index in [-0.39, 0.29) is 23.7 Å². The van der Waals surface area contributed by atoms with E-state index in [1.54, 1.807) is 36.4 Å². The Morgan fingerprint density at radius 3 is 2.32 bits per heavy atom. The van der Waals surface area contributed by atoms with Gasteiger partial charge in [-0.1, -0.05) is 42.5 Å². The summed E-state index contributed by atoms with van der Waals surface area (Å²) in [5, 5.41) is 9.72. The summed E-state index contributed by atoms with van der Waals surface area (Å²) in [7, 11) is 0.